The summed E-state index contributed by atoms with van der Waals surface area (Å²) >= 11 is 0. The number of nitrogen functional groups attached to an aromatic ring is 1. The maximum atomic E-state index is 14.7. The zero-order valence-electron chi connectivity index (χ0n) is 20.2. The number of alkyl halides is 3. The van der Waals surface area contributed by atoms with Crippen molar-refractivity contribution in [1.82, 2.24) is 10.2 Å². The number of hydrogen-bond donors (Lipinski definition) is 2. The summed E-state index contributed by atoms with van der Waals surface area (Å²) in [5.41, 5.74) is 4.79. The summed E-state index contributed by atoms with van der Waals surface area (Å²) in [7, 11) is -3.62. The van der Waals surface area contributed by atoms with Crippen molar-refractivity contribution in [3.05, 3.63) is 58.9 Å². The van der Waals surface area contributed by atoms with Crippen molar-refractivity contribution in [3.8, 4) is 0 Å². The predicted octanol–water partition coefficient (Wildman–Crippen LogP) is 3.95. The number of nitrogens with zero attached hydrogens (tertiary/aromatic N) is 1. The van der Waals surface area contributed by atoms with Gasteiger partial charge in [0.1, 0.15) is 11.9 Å². The quantitative estimate of drug-likeness (QED) is 0.425. The van der Waals surface area contributed by atoms with Crippen LogP contribution in [-0.4, -0.2) is 44.0 Å². The lowest BCUT2D eigenvalue weighted by atomic mass is 9.98. The number of carbonyl (C=O) groups excluding carboxylic acids is 2. The highest BCUT2D eigenvalue weighted by Crippen LogP contribution is 2.43. The normalized spacial score (nSPS) is 21.1. The van der Waals surface area contributed by atoms with Gasteiger partial charge in [0.25, 0.3) is 5.91 Å². The number of rotatable bonds is 6. The molecule has 2 aromatic carbocycles. The molecule has 1 aliphatic carbocycles. The third-order valence-corrected chi connectivity index (χ3v) is 7.92. The van der Waals surface area contributed by atoms with E-state index in [1.165, 1.54) is 23.1 Å². The maximum Gasteiger partial charge on any atom is 0.416 e. The van der Waals surface area contributed by atoms with Crippen LogP contribution in [0.1, 0.15) is 53.7 Å². The van der Waals surface area contributed by atoms with E-state index in [2.05, 4.69) is 5.32 Å². The fourth-order valence-corrected chi connectivity index (χ4v) is 5.36. The van der Waals surface area contributed by atoms with E-state index < -0.39 is 51.3 Å². The number of anilines is 1. The fourth-order valence-electron chi connectivity index (χ4n) is 4.71. The van der Waals surface area contributed by atoms with E-state index >= 15 is 0 Å². The van der Waals surface area contributed by atoms with Crippen LogP contribution in [0.4, 0.5) is 23.2 Å². The molecule has 2 aliphatic rings. The van der Waals surface area contributed by atoms with Crippen LogP contribution in [0.2, 0.25) is 0 Å². The number of hydrogen-bond acceptors (Lipinski definition) is 5. The van der Waals surface area contributed by atoms with Crippen LogP contribution in [0.5, 0.6) is 0 Å². The molecule has 7 nitrogen and oxygen atoms in total. The van der Waals surface area contributed by atoms with Gasteiger partial charge < -0.3 is 16.0 Å². The minimum atomic E-state index is -4.70. The van der Waals surface area contributed by atoms with E-state index in [0.717, 1.165) is 18.4 Å². The van der Waals surface area contributed by atoms with Gasteiger partial charge in [0.2, 0.25) is 5.91 Å². The highest BCUT2D eigenvalue weighted by atomic mass is 32.2. The molecule has 1 heterocycles. The van der Waals surface area contributed by atoms with Gasteiger partial charge in [0, 0.05) is 24.1 Å². The average molecular weight is 542 g/mol. The summed E-state index contributed by atoms with van der Waals surface area (Å²) in [6.07, 6.45) is -2.06. The monoisotopic (exact) mass is 541 g/mol. The van der Waals surface area contributed by atoms with Crippen LogP contribution in [0.3, 0.4) is 0 Å². The Morgan fingerprint density at radius 2 is 1.81 bits per heavy atom. The Hall–Kier alpha value is -3.15. The van der Waals surface area contributed by atoms with Gasteiger partial charge in [0.05, 0.1) is 22.1 Å². The Morgan fingerprint density at radius 3 is 2.38 bits per heavy atom. The Bertz CT molecular complexity index is 1340. The van der Waals surface area contributed by atoms with Gasteiger partial charge >= 0.3 is 6.18 Å². The molecule has 4 rings (SSSR count). The molecule has 0 bridgehead atoms. The minimum Gasteiger partial charge on any atom is -0.398 e. The van der Waals surface area contributed by atoms with Crippen molar-refractivity contribution in [2.45, 2.75) is 49.3 Å². The zero-order valence-corrected chi connectivity index (χ0v) is 21.0. The lowest BCUT2D eigenvalue weighted by molar-refractivity contribution is -0.137. The average Bonchev–Trinajstić information content (AvgIpc) is 3.56. The van der Waals surface area contributed by atoms with Crippen molar-refractivity contribution in [3.63, 3.8) is 0 Å². The van der Waals surface area contributed by atoms with Gasteiger partial charge in [-0.05, 0) is 61.4 Å². The molecule has 0 aromatic heterocycles. The lowest BCUT2D eigenvalue weighted by Gasteiger charge is -2.27. The van der Waals surface area contributed by atoms with Crippen molar-refractivity contribution >= 4 is 27.3 Å². The molecule has 0 spiro atoms. The van der Waals surface area contributed by atoms with Gasteiger partial charge in [0.15, 0.2) is 9.84 Å². The number of amides is 2. The van der Waals surface area contributed by atoms with Crippen molar-refractivity contribution in [2.24, 2.45) is 11.8 Å². The highest BCUT2D eigenvalue weighted by molar-refractivity contribution is 7.90. The van der Waals surface area contributed by atoms with E-state index in [1.807, 2.05) is 6.92 Å². The minimum absolute atomic E-state index is 0.0436. The van der Waals surface area contributed by atoms with Crippen LogP contribution in [0.25, 0.3) is 0 Å². The lowest BCUT2D eigenvalue weighted by Crippen LogP contribution is -2.47. The van der Waals surface area contributed by atoms with Crippen LogP contribution in [-0.2, 0) is 20.8 Å². The second-order valence-electron chi connectivity index (χ2n) is 9.89. The predicted molar refractivity (Wildman–Crippen MR) is 128 cm³/mol. The Balaban J connectivity index is 1.59. The smallest absolute Gasteiger partial charge is 0.398 e. The molecule has 37 heavy (non-hydrogen) atoms. The van der Waals surface area contributed by atoms with Crippen LogP contribution < -0.4 is 11.1 Å². The number of nitrogens with two attached hydrogens (primary N) is 1. The molecule has 1 saturated heterocycles. The first kappa shape index (κ1) is 26.9. The molecule has 1 aliphatic heterocycles. The van der Waals surface area contributed by atoms with Crippen molar-refractivity contribution in [2.75, 3.05) is 18.5 Å². The molecule has 12 heteroatoms. The van der Waals surface area contributed by atoms with Gasteiger partial charge in [-0.15, -0.1) is 0 Å². The Kier molecular flexibility index (Phi) is 7.00. The second-order valence-corrected chi connectivity index (χ2v) is 11.9. The first-order chi connectivity index (χ1) is 17.2. The van der Waals surface area contributed by atoms with Crippen LogP contribution in [0.15, 0.2) is 41.3 Å². The number of halogens is 4. The molecule has 200 valence electrons. The molecule has 2 amide bonds. The molecule has 3 N–H and O–H groups in total. The Labute approximate surface area is 211 Å². The van der Waals surface area contributed by atoms with Gasteiger partial charge in [-0.1, -0.05) is 13.0 Å². The van der Waals surface area contributed by atoms with E-state index in [4.69, 9.17) is 5.73 Å². The van der Waals surface area contributed by atoms with Crippen LogP contribution in [0, 0.1) is 17.7 Å². The number of sulfone groups is 1. The SMILES string of the molecule is C[C@@H]1C[C@H](C(=O)N[C@@H](c2ccc(C(F)(F)F)cc2F)C2CC2)N(C(=O)c2cc(S(C)(=O)=O)ccc2N)C1. The Morgan fingerprint density at radius 1 is 1.14 bits per heavy atom. The molecule has 2 fully saturated rings. The van der Waals surface area contributed by atoms with E-state index in [-0.39, 0.29) is 40.1 Å². The fraction of sp³-hybridized carbons (Fsp3) is 0.440. The molecule has 0 radical (unpaired) electrons. The van der Waals surface area contributed by atoms with Crippen molar-refractivity contribution in [1.29, 1.82) is 0 Å². The molecular formula is C25H27F4N3O4S. The summed E-state index contributed by atoms with van der Waals surface area (Å²) in [6.45, 7) is 2.06. The van der Waals surface area contributed by atoms with Crippen molar-refractivity contribution < 1.29 is 35.6 Å². The van der Waals surface area contributed by atoms with Gasteiger partial charge in [-0.3, -0.25) is 9.59 Å². The topological polar surface area (TPSA) is 110 Å². The zero-order chi connectivity index (χ0) is 27.3. The van der Waals surface area contributed by atoms with Crippen LogP contribution >= 0.6 is 0 Å². The molecular weight excluding hydrogens is 514 g/mol. The number of nitrogens with one attached hydrogen (secondary N) is 1. The van der Waals surface area contributed by atoms with Gasteiger partial charge in [-0.25, -0.2) is 12.8 Å². The highest BCUT2D eigenvalue weighted by Gasteiger charge is 2.42. The summed E-state index contributed by atoms with van der Waals surface area (Å²) < 4.78 is 77.6. The molecule has 0 unspecified atom stereocenters. The number of likely N-dealkylation sites (tertiary alicyclic amines) is 1. The third kappa shape index (κ3) is 5.73. The second kappa shape index (κ2) is 9.62. The van der Waals surface area contributed by atoms with Gasteiger partial charge in [-0.2, -0.15) is 13.2 Å². The summed E-state index contributed by atoms with van der Waals surface area (Å²) in [4.78, 5) is 28.0. The number of benzene rings is 2. The molecule has 3 atom stereocenters. The van der Waals surface area contributed by atoms with E-state index in [9.17, 15) is 35.6 Å². The summed E-state index contributed by atoms with van der Waals surface area (Å²) in [5.74, 6) is -2.45. The first-order valence-electron chi connectivity index (χ1n) is 11.7. The largest absolute Gasteiger partial charge is 0.416 e. The maximum absolute atomic E-state index is 14.7. The molecule has 1 saturated carbocycles. The molecule has 2 aromatic rings. The standard InChI is InChI=1S/C25H27F4N3O4S/c1-13-9-21(32(12-13)24(34)18-11-16(37(2,35)36)6-8-20(18)30)23(33)31-22(14-3-4-14)17-7-5-15(10-19(17)26)25(27,28)29/h5-8,10-11,13-14,21-22H,3-4,9,12,30H2,1-2H3,(H,31,33)/t13-,21-,22-/m1/s1. The first-order valence-corrected chi connectivity index (χ1v) is 13.6. The van der Waals surface area contributed by atoms with E-state index in [0.29, 0.717) is 25.3 Å². The van der Waals surface area contributed by atoms with E-state index in [1.54, 1.807) is 0 Å². The third-order valence-electron chi connectivity index (χ3n) is 6.81. The number of carbonyl (C=O) groups is 2. The summed E-state index contributed by atoms with van der Waals surface area (Å²) in [6, 6.07) is 4.23. The summed E-state index contributed by atoms with van der Waals surface area (Å²) in [5, 5.41) is 2.76.